The average molecular weight is 252 g/mol. The molecule has 0 aliphatic rings. The van der Waals surface area contributed by atoms with Crippen LogP contribution in [0.5, 0.6) is 5.75 Å². The number of nitrogens with zero attached hydrogens (tertiary/aromatic N) is 1. The predicted octanol–water partition coefficient (Wildman–Crippen LogP) is 2.68. The van der Waals surface area contributed by atoms with Crippen molar-refractivity contribution in [2.24, 2.45) is 0 Å². The van der Waals surface area contributed by atoms with E-state index in [2.05, 4.69) is 4.98 Å². The molecule has 0 aliphatic heterocycles. The molecule has 17 heavy (non-hydrogen) atoms. The van der Waals surface area contributed by atoms with Gasteiger partial charge in [0.15, 0.2) is 0 Å². The van der Waals surface area contributed by atoms with Crippen molar-refractivity contribution in [2.75, 3.05) is 18.9 Å². The molecule has 0 saturated heterocycles. The van der Waals surface area contributed by atoms with Crippen LogP contribution in [0.2, 0.25) is 0 Å². The van der Waals surface area contributed by atoms with Gasteiger partial charge in [-0.15, -0.1) is 11.3 Å². The number of fused-ring (bicyclic) bond motifs is 1. The molecule has 2 N–H and O–H groups in total. The summed E-state index contributed by atoms with van der Waals surface area (Å²) in [6, 6.07) is 3.87. The summed E-state index contributed by atoms with van der Waals surface area (Å²) in [5.41, 5.74) is 9.22. The molecule has 1 aromatic carbocycles. The second-order valence-corrected chi connectivity index (χ2v) is 4.65. The molecule has 0 radical (unpaired) electrons. The summed E-state index contributed by atoms with van der Waals surface area (Å²) >= 11 is 1.57. The number of aromatic nitrogens is 1. The van der Waals surface area contributed by atoms with Gasteiger partial charge in [0.05, 0.1) is 16.8 Å². The number of thiazole rings is 1. The topological polar surface area (TPSA) is 57.4 Å². The molecule has 1 heterocycles. The van der Waals surface area contributed by atoms with Gasteiger partial charge < -0.3 is 15.2 Å². The zero-order valence-electron chi connectivity index (χ0n) is 9.97. The lowest BCUT2D eigenvalue weighted by Crippen LogP contribution is -2.19. The molecule has 1 aromatic heterocycles. The maximum Gasteiger partial charge on any atom is 0.145 e. The fourth-order valence-corrected chi connectivity index (χ4v) is 2.26. The Labute approximate surface area is 104 Å². The summed E-state index contributed by atoms with van der Waals surface area (Å²) in [5, 5.41) is 0. The molecule has 0 aliphatic carbocycles. The van der Waals surface area contributed by atoms with E-state index in [1.54, 1.807) is 16.8 Å². The van der Waals surface area contributed by atoms with Gasteiger partial charge in [-0.25, -0.2) is 4.98 Å². The molecule has 0 saturated carbocycles. The molecule has 5 heteroatoms. The summed E-state index contributed by atoms with van der Waals surface area (Å²) in [6.07, 6.45) is -0.0201. The molecule has 0 spiro atoms. The first-order chi connectivity index (χ1) is 8.22. The second-order valence-electron chi connectivity index (χ2n) is 3.76. The molecule has 92 valence electrons. The van der Waals surface area contributed by atoms with E-state index in [1.165, 1.54) is 0 Å². The number of hydrogen-bond acceptors (Lipinski definition) is 5. The van der Waals surface area contributed by atoms with Crippen molar-refractivity contribution in [3.8, 4) is 5.75 Å². The molecule has 4 nitrogen and oxygen atoms in total. The van der Waals surface area contributed by atoms with Gasteiger partial charge in [0, 0.05) is 6.61 Å². The second kappa shape index (κ2) is 5.33. The van der Waals surface area contributed by atoms with Gasteiger partial charge in [-0.2, -0.15) is 0 Å². The Morgan fingerprint density at radius 3 is 3.06 bits per heavy atom. The Morgan fingerprint density at radius 2 is 2.29 bits per heavy atom. The van der Waals surface area contributed by atoms with Gasteiger partial charge in [-0.05, 0) is 26.0 Å². The van der Waals surface area contributed by atoms with E-state index in [9.17, 15) is 0 Å². The minimum absolute atomic E-state index is 0.0201. The Bertz CT molecular complexity index is 498. The molecule has 2 aromatic rings. The van der Waals surface area contributed by atoms with Crippen LogP contribution >= 0.6 is 11.3 Å². The third kappa shape index (κ3) is 2.68. The minimum Gasteiger partial charge on any atom is -0.486 e. The largest absolute Gasteiger partial charge is 0.486 e. The predicted molar refractivity (Wildman–Crippen MR) is 70.6 cm³/mol. The maximum atomic E-state index is 6.02. The number of hydrogen-bond donors (Lipinski definition) is 1. The number of rotatable bonds is 5. The smallest absolute Gasteiger partial charge is 0.145 e. The number of nitrogens with two attached hydrogens (primary N) is 1. The standard InChI is InChI=1S/C12H16N2O2S/c1-3-15-6-8(2)16-9-4-5-10-12(11(9)13)14-7-17-10/h4-5,7-8H,3,6,13H2,1-2H3. The fourth-order valence-electron chi connectivity index (χ4n) is 1.57. The SMILES string of the molecule is CCOCC(C)Oc1ccc2scnc2c1N. The van der Waals surface area contributed by atoms with E-state index in [1.807, 2.05) is 26.0 Å². The Kier molecular flexibility index (Phi) is 3.81. The van der Waals surface area contributed by atoms with Crippen molar-refractivity contribution in [3.63, 3.8) is 0 Å². The molecule has 1 atom stereocenters. The molecule has 1 unspecified atom stereocenters. The first kappa shape index (κ1) is 12.1. The van der Waals surface area contributed by atoms with Crippen LogP contribution in [0, 0.1) is 0 Å². The summed E-state index contributed by atoms with van der Waals surface area (Å²) in [4.78, 5) is 4.23. The summed E-state index contributed by atoms with van der Waals surface area (Å²) in [6.45, 7) is 5.17. The first-order valence-electron chi connectivity index (χ1n) is 5.58. The maximum absolute atomic E-state index is 6.02. The normalized spacial score (nSPS) is 12.8. The van der Waals surface area contributed by atoms with Crippen molar-refractivity contribution in [2.45, 2.75) is 20.0 Å². The van der Waals surface area contributed by atoms with Crippen molar-refractivity contribution in [3.05, 3.63) is 17.6 Å². The van der Waals surface area contributed by atoms with E-state index >= 15 is 0 Å². The Morgan fingerprint density at radius 1 is 1.47 bits per heavy atom. The highest BCUT2D eigenvalue weighted by Crippen LogP contribution is 2.32. The highest BCUT2D eigenvalue weighted by atomic mass is 32.1. The van der Waals surface area contributed by atoms with Crippen LogP contribution in [-0.4, -0.2) is 24.3 Å². The van der Waals surface area contributed by atoms with Crippen LogP contribution in [0.25, 0.3) is 10.2 Å². The summed E-state index contributed by atoms with van der Waals surface area (Å²) in [7, 11) is 0. The molecular formula is C12H16N2O2S. The zero-order valence-corrected chi connectivity index (χ0v) is 10.8. The summed E-state index contributed by atoms with van der Waals surface area (Å²) < 4.78 is 12.1. The van der Waals surface area contributed by atoms with Crippen molar-refractivity contribution < 1.29 is 9.47 Å². The van der Waals surface area contributed by atoms with Crippen LogP contribution in [0.4, 0.5) is 5.69 Å². The lowest BCUT2D eigenvalue weighted by Gasteiger charge is -2.15. The van der Waals surface area contributed by atoms with Gasteiger partial charge >= 0.3 is 0 Å². The van der Waals surface area contributed by atoms with E-state index in [-0.39, 0.29) is 6.10 Å². The van der Waals surface area contributed by atoms with E-state index in [4.69, 9.17) is 15.2 Å². The average Bonchev–Trinajstić information content (AvgIpc) is 2.79. The molecule has 0 fully saturated rings. The number of benzene rings is 1. The highest BCUT2D eigenvalue weighted by Gasteiger charge is 2.11. The third-order valence-corrected chi connectivity index (χ3v) is 3.18. The van der Waals surface area contributed by atoms with Crippen molar-refractivity contribution in [1.82, 2.24) is 4.98 Å². The minimum atomic E-state index is -0.0201. The Hall–Kier alpha value is -1.33. The molecule has 0 amide bonds. The number of ether oxygens (including phenoxy) is 2. The van der Waals surface area contributed by atoms with E-state index < -0.39 is 0 Å². The highest BCUT2D eigenvalue weighted by molar-refractivity contribution is 7.16. The van der Waals surface area contributed by atoms with E-state index in [0.29, 0.717) is 24.7 Å². The van der Waals surface area contributed by atoms with Gasteiger partial charge in [-0.3, -0.25) is 0 Å². The first-order valence-corrected chi connectivity index (χ1v) is 6.46. The van der Waals surface area contributed by atoms with E-state index in [0.717, 1.165) is 10.2 Å². The quantitative estimate of drug-likeness (QED) is 0.831. The van der Waals surface area contributed by atoms with Crippen LogP contribution in [0.15, 0.2) is 17.6 Å². The molecule has 2 rings (SSSR count). The van der Waals surface area contributed by atoms with Gasteiger partial charge in [0.2, 0.25) is 0 Å². The van der Waals surface area contributed by atoms with Crippen molar-refractivity contribution >= 4 is 27.2 Å². The van der Waals surface area contributed by atoms with Crippen LogP contribution in [0.3, 0.4) is 0 Å². The van der Waals surface area contributed by atoms with Crippen LogP contribution in [0.1, 0.15) is 13.8 Å². The van der Waals surface area contributed by atoms with Gasteiger partial charge in [0.25, 0.3) is 0 Å². The zero-order chi connectivity index (χ0) is 12.3. The molecular weight excluding hydrogens is 236 g/mol. The van der Waals surface area contributed by atoms with Crippen molar-refractivity contribution in [1.29, 1.82) is 0 Å². The number of anilines is 1. The van der Waals surface area contributed by atoms with Crippen LogP contribution < -0.4 is 10.5 Å². The fraction of sp³-hybridized carbons (Fsp3) is 0.417. The third-order valence-electron chi connectivity index (χ3n) is 2.39. The van der Waals surface area contributed by atoms with Gasteiger partial charge in [-0.1, -0.05) is 0 Å². The summed E-state index contributed by atoms with van der Waals surface area (Å²) in [5.74, 6) is 0.676. The lowest BCUT2D eigenvalue weighted by molar-refractivity contribution is 0.0661. The lowest BCUT2D eigenvalue weighted by atomic mass is 10.2. The Balaban J connectivity index is 2.15. The van der Waals surface area contributed by atoms with Gasteiger partial charge in [0.1, 0.15) is 23.1 Å². The number of nitrogen functional groups attached to an aromatic ring is 1. The monoisotopic (exact) mass is 252 g/mol. The molecule has 0 bridgehead atoms. The van der Waals surface area contributed by atoms with Crippen LogP contribution in [-0.2, 0) is 4.74 Å².